The van der Waals surface area contributed by atoms with E-state index in [1.807, 2.05) is 30.3 Å². The van der Waals surface area contributed by atoms with E-state index in [2.05, 4.69) is 15.3 Å². The predicted octanol–water partition coefficient (Wildman–Crippen LogP) is 2.23. The van der Waals surface area contributed by atoms with Gasteiger partial charge in [0.1, 0.15) is 0 Å². The summed E-state index contributed by atoms with van der Waals surface area (Å²) in [7, 11) is 0. The Balaban J connectivity index is 2.23. The zero-order valence-electron chi connectivity index (χ0n) is 8.29. The van der Waals surface area contributed by atoms with E-state index in [1.54, 1.807) is 0 Å². The molecule has 0 saturated carbocycles. The standard InChI is InChI=1S/C11H9N3O2/c15-11(16)14-10-7-12-9(6-13-10)8-4-2-1-3-5-8/h1-7H,(H,13,14)(H,15,16). The van der Waals surface area contributed by atoms with Crippen LogP contribution in [0.2, 0.25) is 0 Å². The monoisotopic (exact) mass is 215 g/mol. The lowest BCUT2D eigenvalue weighted by atomic mass is 10.2. The fraction of sp³-hybridized carbons (Fsp3) is 0. The number of benzene rings is 1. The lowest BCUT2D eigenvalue weighted by molar-refractivity contribution is 0.209. The molecule has 0 aliphatic heterocycles. The molecule has 1 heterocycles. The molecule has 0 atom stereocenters. The number of hydrogen-bond acceptors (Lipinski definition) is 3. The van der Waals surface area contributed by atoms with Gasteiger partial charge in [-0.1, -0.05) is 30.3 Å². The summed E-state index contributed by atoms with van der Waals surface area (Å²) in [6.45, 7) is 0. The SMILES string of the molecule is O=C(O)Nc1cnc(-c2ccccc2)cn1. The van der Waals surface area contributed by atoms with Crippen molar-refractivity contribution < 1.29 is 9.90 Å². The smallest absolute Gasteiger partial charge is 0.410 e. The van der Waals surface area contributed by atoms with Crippen LogP contribution in [0.1, 0.15) is 0 Å². The topological polar surface area (TPSA) is 75.1 Å². The minimum atomic E-state index is -1.15. The maximum Gasteiger partial charge on any atom is 0.410 e. The van der Waals surface area contributed by atoms with Gasteiger partial charge >= 0.3 is 6.09 Å². The van der Waals surface area contributed by atoms with Crippen molar-refractivity contribution in [1.29, 1.82) is 0 Å². The Labute approximate surface area is 91.8 Å². The molecule has 0 fully saturated rings. The molecule has 0 aliphatic rings. The molecule has 2 N–H and O–H groups in total. The van der Waals surface area contributed by atoms with Crippen molar-refractivity contribution in [3.05, 3.63) is 42.7 Å². The fourth-order valence-electron chi connectivity index (χ4n) is 1.26. The van der Waals surface area contributed by atoms with E-state index in [0.717, 1.165) is 5.56 Å². The van der Waals surface area contributed by atoms with E-state index in [-0.39, 0.29) is 5.82 Å². The van der Waals surface area contributed by atoms with Gasteiger partial charge in [-0.25, -0.2) is 9.78 Å². The molecule has 0 unspecified atom stereocenters. The molecule has 5 nitrogen and oxygen atoms in total. The normalized spacial score (nSPS) is 9.75. The molecule has 1 aromatic carbocycles. The summed E-state index contributed by atoms with van der Waals surface area (Å²) >= 11 is 0. The molecule has 0 bridgehead atoms. The average molecular weight is 215 g/mol. The molecule has 0 aliphatic carbocycles. The summed E-state index contributed by atoms with van der Waals surface area (Å²) in [5, 5.41) is 10.6. The highest BCUT2D eigenvalue weighted by atomic mass is 16.4. The van der Waals surface area contributed by atoms with Crippen LogP contribution in [0.15, 0.2) is 42.7 Å². The molecule has 0 radical (unpaired) electrons. The number of hydrogen-bond donors (Lipinski definition) is 2. The Morgan fingerprint density at radius 2 is 1.88 bits per heavy atom. The van der Waals surface area contributed by atoms with E-state index in [1.165, 1.54) is 12.4 Å². The second kappa shape index (κ2) is 4.39. The van der Waals surface area contributed by atoms with Crippen molar-refractivity contribution in [2.24, 2.45) is 0 Å². The molecule has 80 valence electrons. The van der Waals surface area contributed by atoms with Crippen LogP contribution in [0.4, 0.5) is 10.6 Å². The number of nitrogens with one attached hydrogen (secondary N) is 1. The van der Waals surface area contributed by atoms with Crippen LogP contribution < -0.4 is 5.32 Å². The van der Waals surface area contributed by atoms with Gasteiger partial charge < -0.3 is 5.11 Å². The van der Waals surface area contributed by atoms with Gasteiger partial charge in [-0.15, -0.1) is 0 Å². The molecule has 0 spiro atoms. The molecule has 0 saturated heterocycles. The predicted molar refractivity (Wildman–Crippen MR) is 59.1 cm³/mol. The fourth-order valence-corrected chi connectivity index (χ4v) is 1.26. The minimum absolute atomic E-state index is 0.215. The summed E-state index contributed by atoms with van der Waals surface area (Å²) in [6, 6.07) is 9.54. The van der Waals surface area contributed by atoms with E-state index in [0.29, 0.717) is 5.69 Å². The molecule has 1 amide bonds. The first-order chi connectivity index (χ1) is 7.75. The molecular weight excluding hydrogens is 206 g/mol. The highest BCUT2D eigenvalue weighted by molar-refractivity contribution is 5.81. The first-order valence-corrected chi connectivity index (χ1v) is 4.63. The van der Waals surface area contributed by atoms with E-state index in [4.69, 9.17) is 5.11 Å². The summed E-state index contributed by atoms with van der Waals surface area (Å²) in [5.41, 5.74) is 1.65. The van der Waals surface area contributed by atoms with Crippen molar-refractivity contribution in [1.82, 2.24) is 9.97 Å². The number of aromatic nitrogens is 2. The summed E-state index contributed by atoms with van der Waals surface area (Å²) in [6.07, 6.45) is 1.76. The van der Waals surface area contributed by atoms with Gasteiger partial charge in [0.25, 0.3) is 0 Å². The number of anilines is 1. The molecule has 2 rings (SSSR count). The van der Waals surface area contributed by atoms with Crippen LogP contribution in [0.25, 0.3) is 11.3 Å². The van der Waals surface area contributed by atoms with Crippen LogP contribution in [0.3, 0.4) is 0 Å². The molecule has 2 aromatic rings. The van der Waals surface area contributed by atoms with Crippen LogP contribution in [-0.2, 0) is 0 Å². The van der Waals surface area contributed by atoms with E-state index < -0.39 is 6.09 Å². The third kappa shape index (κ3) is 2.33. The first kappa shape index (κ1) is 10.1. The number of amides is 1. The lowest BCUT2D eigenvalue weighted by Gasteiger charge is -2.01. The summed E-state index contributed by atoms with van der Waals surface area (Å²) in [5.74, 6) is 0.215. The highest BCUT2D eigenvalue weighted by Gasteiger charge is 2.01. The quantitative estimate of drug-likeness (QED) is 0.805. The third-order valence-corrected chi connectivity index (χ3v) is 1.96. The van der Waals surface area contributed by atoms with Crippen molar-refractivity contribution in [3.63, 3.8) is 0 Å². The van der Waals surface area contributed by atoms with E-state index >= 15 is 0 Å². The Kier molecular flexibility index (Phi) is 2.77. The minimum Gasteiger partial charge on any atom is -0.465 e. The van der Waals surface area contributed by atoms with Crippen LogP contribution >= 0.6 is 0 Å². The maximum atomic E-state index is 10.3. The first-order valence-electron chi connectivity index (χ1n) is 4.63. The molecule has 1 aromatic heterocycles. The van der Waals surface area contributed by atoms with Gasteiger partial charge in [0.2, 0.25) is 0 Å². The number of nitrogens with zero attached hydrogens (tertiary/aromatic N) is 2. The Morgan fingerprint density at radius 3 is 2.44 bits per heavy atom. The van der Waals surface area contributed by atoms with Crippen LogP contribution in [0.5, 0.6) is 0 Å². The molecular formula is C11H9N3O2. The zero-order chi connectivity index (χ0) is 11.4. The van der Waals surface area contributed by atoms with Crippen LogP contribution in [-0.4, -0.2) is 21.2 Å². The number of rotatable bonds is 2. The largest absolute Gasteiger partial charge is 0.465 e. The van der Waals surface area contributed by atoms with Crippen molar-refractivity contribution in [3.8, 4) is 11.3 Å². The second-order valence-electron chi connectivity index (χ2n) is 3.08. The second-order valence-corrected chi connectivity index (χ2v) is 3.08. The van der Waals surface area contributed by atoms with Crippen molar-refractivity contribution in [2.45, 2.75) is 0 Å². The average Bonchev–Trinajstić information content (AvgIpc) is 2.30. The van der Waals surface area contributed by atoms with Gasteiger partial charge in [0, 0.05) is 5.56 Å². The Morgan fingerprint density at radius 1 is 1.12 bits per heavy atom. The third-order valence-electron chi connectivity index (χ3n) is 1.96. The van der Waals surface area contributed by atoms with Crippen molar-refractivity contribution >= 4 is 11.9 Å². The maximum absolute atomic E-state index is 10.3. The van der Waals surface area contributed by atoms with Gasteiger partial charge in [-0.3, -0.25) is 10.3 Å². The van der Waals surface area contributed by atoms with Crippen LogP contribution in [0, 0.1) is 0 Å². The number of carbonyl (C=O) groups is 1. The van der Waals surface area contributed by atoms with Gasteiger partial charge in [-0.05, 0) is 0 Å². The number of carboxylic acid groups (broad SMARTS) is 1. The Hall–Kier alpha value is -2.43. The summed E-state index contributed by atoms with van der Waals surface area (Å²) in [4.78, 5) is 18.4. The molecule has 5 heteroatoms. The van der Waals surface area contributed by atoms with Gasteiger partial charge in [0.15, 0.2) is 5.82 Å². The van der Waals surface area contributed by atoms with Gasteiger partial charge in [-0.2, -0.15) is 0 Å². The Bertz CT molecular complexity index is 482. The summed E-state index contributed by atoms with van der Waals surface area (Å²) < 4.78 is 0. The highest BCUT2D eigenvalue weighted by Crippen LogP contribution is 2.15. The molecule has 16 heavy (non-hydrogen) atoms. The van der Waals surface area contributed by atoms with E-state index in [9.17, 15) is 4.79 Å². The zero-order valence-corrected chi connectivity index (χ0v) is 8.29. The van der Waals surface area contributed by atoms with Gasteiger partial charge in [0.05, 0.1) is 18.1 Å². The van der Waals surface area contributed by atoms with Crippen molar-refractivity contribution in [2.75, 3.05) is 5.32 Å². The lowest BCUT2D eigenvalue weighted by Crippen LogP contribution is -2.08.